The SMILES string of the molecule is CC(=O)OCc1[nH]c(=O)[nH]c(=O)c1Cl. The van der Waals surface area contributed by atoms with Gasteiger partial charge in [-0.15, -0.1) is 0 Å². The van der Waals surface area contributed by atoms with E-state index in [9.17, 15) is 14.4 Å². The molecule has 1 aromatic heterocycles. The molecule has 0 bridgehead atoms. The van der Waals surface area contributed by atoms with Crippen LogP contribution in [0.15, 0.2) is 9.59 Å². The smallest absolute Gasteiger partial charge is 0.326 e. The molecule has 0 spiro atoms. The second kappa shape index (κ2) is 4.10. The number of carbonyl (C=O) groups is 1. The molecular formula is C7H7ClN2O4. The summed E-state index contributed by atoms with van der Waals surface area (Å²) in [5.74, 6) is -0.526. The van der Waals surface area contributed by atoms with Gasteiger partial charge in [0.25, 0.3) is 5.56 Å². The second-order valence-corrected chi connectivity index (χ2v) is 2.86. The summed E-state index contributed by atoms with van der Waals surface area (Å²) in [5, 5.41) is -0.189. The highest BCUT2D eigenvalue weighted by atomic mass is 35.5. The summed E-state index contributed by atoms with van der Waals surface area (Å²) < 4.78 is 4.57. The van der Waals surface area contributed by atoms with Crippen molar-refractivity contribution in [2.45, 2.75) is 13.5 Å². The number of aromatic nitrogens is 2. The largest absolute Gasteiger partial charge is 0.459 e. The molecule has 0 saturated heterocycles. The van der Waals surface area contributed by atoms with Crippen LogP contribution in [0.5, 0.6) is 0 Å². The van der Waals surface area contributed by atoms with Crippen molar-refractivity contribution in [1.29, 1.82) is 0 Å². The van der Waals surface area contributed by atoms with E-state index in [0.29, 0.717) is 0 Å². The molecule has 1 aromatic rings. The molecule has 1 rings (SSSR count). The van der Waals surface area contributed by atoms with Gasteiger partial charge < -0.3 is 9.72 Å². The Labute approximate surface area is 82.9 Å². The molecule has 7 heteroatoms. The van der Waals surface area contributed by atoms with E-state index in [1.165, 1.54) is 6.92 Å². The van der Waals surface area contributed by atoms with Crippen LogP contribution in [0.1, 0.15) is 12.6 Å². The van der Waals surface area contributed by atoms with Gasteiger partial charge in [-0.2, -0.15) is 0 Å². The maximum Gasteiger partial charge on any atom is 0.326 e. The molecule has 0 amide bonds. The van der Waals surface area contributed by atoms with Gasteiger partial charge in [0, 0.05) is 6.92 Å². The molecular weight excluding hydrogens is 212 g/mol. The van der Waals surface area contributed by atoms with E-state index in [2.05, 4.69) is 9.72 Å². The molecule has 0 aliphatic heterocycles. The minimum absolute atomic E-state index is 0.0793. The Hall–Kier alpha value is -1.56. The first kappa shape index (κ1) is 10.5. The van der Waals surface area contributed by atoms with E-state index in [-0.39, 0.29) is 17.3 Å². The average molecular weight is 219 g/mol. The molecule has 0 saturated carbocycles. The molecule has 0 fully saturated rings. The fraction of sp³-hybridized carbons (Fsp3) is 0.286. The predicted octanol–water partition coefficient (Wildman–Crippen LogP) is -0.220. The van der Waals surface area contributed by atoms with Crippen LogP contribution in [0.3, 0.4) is 0 Å². The summed E-state index contributed by atoms with van der Waals surface area (Å²) in [6.45, 7) is 0.979. The highest BCUT2D eigenvalue weighted by Crippen LogP contribution is 2.05. The number of aromatic amines is 2. The maximum atomic E-state index is 11.0. The van der Waals surface area contributed by atoms with Gasteiger partial charge >= 0.3 is 11.7 Å². The number of carbonyl (C=O) groups excluding carboxylic acids is 1. The molecule has 0 atom stereocenters. The summed E-state index contributed by atoms with van der Waals surface area (Å²) in [7, 11) is 0. The van der Waals surface area contributed by atoms with Crippen LogP contribution >= 0.6 is 11.6 Å². The van der Waals surface area contributed by atoms with E-state index in [0.717, 1.165) is 0 Å². The fourth-order valence-corrected chi connectivity index (χ4v) is 0.940. The Balaban J connectivity index is 3.03. The molecule has 1 heterocycles. The second-order valence-electron chi connectivity index (χ2n) is 2.48. The molecule has 2 N–H and O–H groups in total. The van der Waals surface area contributed by atoms with Crippen molar-refractivity contribution in [1.82, 2.24) is 9.97 Å². The zero-order valence-electron chi connectivity index (χ0n) is 7.22. The Morgan fingerprint density at radius 3 is 2.64 bits per heavy atom. The Kier molecular flexibility index (Phi) is 3.08. The Morgan fingerprint density at radius 1 is 1.43 bits per heavy atom. The molecule has 6 nitrogen and oxygen atoms in total. The van der Waals surface area contributed by atoms with Gasteiger partial charge in [0.05, 0.1) is 5.69 Å². The highest BCUT2D eigenvalue weighted by molar-refractivity contribution is 6.30. The lowest BCUT2D eigenvalue weighted by atomic mass is 10.4. The maximum absolute atomic E-state index is 11.0. The minimum atomic E-state index is -0.711. The first-order chi connectivity index (χ1) is 6.50. The number of esters is 1. The Morgan fingerprint density at radius 2 is 2.07 bits per heavy atom. The van der Waals surface area contributed by atoms with Gasteiger partial charge in [0.2, 0.25) is 0 Å². The fourth-order valence-electron chi connectivity index (χ4n) is 0.791. The molecule has 76 valence electrons. The van der Waals surface area contributed by atoms with Crippen molar-refractivity contribution >= 4 is 17.6 Å². The number of ether oxygens (including phenoxy) is 1. The van der Waals surface area contributed by atoms with E-state index < -0.39 is 17.2 Å². The summed E-state index contributed by atoms with van der Waals surface area (Å²) in [6.07, 6.45) is 0. The number of H-pyrrole nitrogens is 2. The van der Waals surface area contributed by atoms with Crippen LogP contribution in [0, 0.1) is 0 Å². The molecule has 0 unspecified atom stereocenters. The van der Waals surface area contributed by atoms with E-state index in [1.54, 1.807) is 0 Å². The third kappa shape index (κ3) is 2.46. The van der Waals surface area contributed by atoms with E-state index in [1.807, 2.05) is 4.98 Å². The quantitative estimate of drug-likeness (QED) is 0.672. The lowest BCUT2D eigenvalue weighted by molar-refractivity contribution is -0.142. The average Bonchev–Trinajstić information content (AvgIpc) is 2.08. The minimum Gasteiger partial charge on any atom is -0.459 e. The standard InChI is InChI=1S/C7H7ClN2O4/c1-3(11)14-2-4-5(8)6(12)10-7(13)9-4/h2H2,1H3,(H2,9,10,12,13). The number of hydrogen-bond donors (Lipinski definition) is 2. The number of halogens is 1. The molecule has 0 radical (unpaired) electrons. The first-order valence-electron chi connectivity index (χ1n) is 3.65. The zero-order valence-corrected chi connectivity index (χ0v) is 7.97. The predicted molar refractivity (Wildman–Crippen MR) is 48.2 cm³/mol. The van der Waals surface area contributed by atoms with Gasteiger partial charge in [-0.1, -0.05) is 11.6 Å². The number of nitrogens with one attached hydrogen (secondary N) is 2. The van der Waals surface area contributed by atoms with Gasteiger partial charge in [0.15, 0.2) is 0 Å². The lowest BCUT2D eigenvalue weighted by Gasteiger charge is -2.02. The third-order valence-corrected chi connectivity index (χ3v) is 1.78. The van der Waals surface area contributed by atoms with Crippen molar-refractivity contribution in [2.75, 3.05) is 0 Å². The van der Waals surface area contributed by atoms with Gasteiger partial charge in [-0.3, -0.25) is 14.6 Å². The van der Waals surface area contributed by atoms with Crippen molar-refractivity contribution in [2.24, 2.45) is 0 Å². The summed E-state index contributed by atoms with van der Waals surface area (Å²) >= 11 is 5.54. The van der Waals surface area contributed by atoms with Crippen LogP contribution in [-0.2, 0) is 16.1 Å². The van der Waals surface area contributed by atoms with Gasteiger partial charge in [0.1, 0.15) is 11.6 Å². The normalized spacial score (nSPS) is 9.86. The highest BCUT2D eigenvalue weighted by Gasteiger charge is 2.07. The molecule has 0 aromatic carbocycles. The van der Waals surface area contributed by atoms with Crippen molar-refractivity contribution in [3.05, 3.63) is 31.6 Å². The zero-order chi connectivity index (χ0) is 10.7. The van der Waals surface area contributed by atoms with E-state index >= 15 is 0 Å². The molecule has 14 heavy (non-hydrogen) atoms. The summed E-state index contributed by atoms with van der Waals surface area (Å²) in [5.41, 5.74) is -1.32. The van der Waals surface area contributed by atoms with Crippen LogP contribution in [-0.4, -0.2) is 15.9 Å². The number of hydrogen-bond acceptors (Lipinski definition) is 4. The van der Waals surface area contributed by atoms with Crippen LogP contribution in [0.2, 0.25) is 5.02 Å². The van der Waals surface area contributed by atoms with Crippen LogP contribution in [0.4, 0.5) is 0 Å². The lowest BCUT2D eigenvalue weighted by Crippen LogP contribution is -2.25. The van der Waals surface area contributed by atoms with E-state index in [4.69, 9.17) is 11.6 Å². The first-order valence-corrected chi connectivity index (χ1v) is 4.03. The summed E-state index contributed by atoms with van der Waals surface area (Å²) in [6, 6.07) is 0. The topological polar surface area (TPSA) is 92.0 Å². The monoisotopic (exact) mass is 218 g/mol. The third-order valence-electron chi connectivity index (χ3n) is 1.38. The summed E-state index contributed by atoms with van der Waals surface area (Å²) in [4.78, 5) is 36.4. The van der Waals surface area contributed by atoms with Crippen molar-refractivity contribution in [3.63, 3.8) is 0 Å². The van der Waals surface area contributed by atoms with Crippen LogP contribution in [0.25, 0.3) is 0 Å². The van der Waals surface area contributed by atoms with Crippen molar-refractivity contribution < 1.29 is 9.53 Å². The molecule has 0 aliphatic carbocycles. The van der Waals surface area contributed by atoms with Gasteiger partial charge in [-0.05, 0) is 0 Å². The van der Waals surface area contributed by atoms with Gasteiger partial charge in [-0.25, -0.2) is 4.79 Å². The van der Waals surface area contributed by atoms with Crippen molar-refractivity contribution in [3.8, 4) is 0 Å². The van der Waals surface area contributed by atoms with Crippen LogP contribution < -0.4 is 11.2 Å². The molecule has 0 aliphatic rings. The number of rotatable bonds is 2. The Bertz CT molecular complexity index is 461.